The van der Waals surface area contributed by atoms with Gasteiger partial charge in [0.2, 0.25) is 0 Å². The van der Waals surface area contributed by atoms with E-state index in [1.165, 1.54) is 49.8 Å². The van der Waals surface area contributed by atoms with Gasteiger partial charge in [-0.15, -0.1) is 0 Å². The van der Waals surface area contributed by atoms with Crippen molar-refractivity contribution in [1.29, 1.82) is 0 Å². The topological polar surface area (TPSA) is 0 Å². The fourth-order valence-electron chi connectivity index (χ4n) is 4.50. The Balaban J connectivity index is 1.58. The smallest absolute Gasteiger partial charge is 0.166 e. The van der Waals surface area contributed by atoms with Gasteiger partial charge in [-0.2, -0.15) is 13.2 Å². The quantitative estimate of drug-likeness (QED) is 0.504. The van der Waals surface area contributed by atoms with Gasteiger partial charge in [0.15, 0.2) is 0 Å². The molecule has 2 aliphatic rings. The summed E-state index contributed by atoms with van der Waals surface area (Å²) in [4.78, 5) is 0. The van der Waals surface area contributed by atoms with E-state index in [4.69, 9.17) is 0 Å². The molecule has 3 rings (SSSR count). The molecular formula is C22H27F3. The molecule has 0 radical (unpaired) electrons. The van der Waals surface area contributed by atoms with Crippen LogP contribution in [0.5, 0.6) is 0 Å². The number of allylic oxidation sites excluding steroid dienone is 4. The van der Waals surface area contributed by atoms with Crippen molar-refractivity contribution in [2.75, 3.05) is 0 Å². The molecular weight excluding hydrogens is 321 g/mol. The lowest BCUT2D eigenvalue weighted by Crippen LogP contribution is -2.22. The molecule has 0 spiro atoms. The number of hydrogen-bond donors (Lipinski definition) is 0. The van der Waals surface area contributed by atoms with Crippen LogP contribution in [0.25, 0.3) is 5.57 Å². The molecule has 1 fully saturated rings. The average Bonchev–Trinajstić information content (AvgIpc) is 2.62. The predicted molar refractivity (Wildman–Crippen MR) is 97.0 cm³/mol. The van der Waals surface area contributed by atoms with Gasteiger partial charge in [-0.05, 0) is 92.9 Å². The minimum absolute atomic E-state index is 0.566. The van der Waals surface area contributed by atoms with Crippen molar-refractivity contribution in [3.05, 3.63) is 53.6 Å². The van der Waals surface area contributed by atoms with Crippen LogP contribution in [0.4, 0.5) is 13.2 Å². The summed E-state index contributed by atoms with van der Waals surface area (Å²) in [6.07, 6.45) is 11.0. The summed E-state index contributed by atoms with van der Waals surface area (Å²) in [5.74, 6) is 2.35. The van der Waals surface area contributed by atoms with E-state index in [-0.39, 0.29) is 0 Å². The van der Waals surface area contributed by atoms with Gasteiger partial charge in [0.25, 0.3) is 0 Å². The lowest BCUT2D eigenvalue weighted by Gasteiger charge is -2.34. The minimum Gasteiger partial charge on any atom is -0.166 e. The average molecular weight is 348 g/mol. The summed E-state index contributed by atoms with van der Waals surface area (Å²) >= 11 is 0. The van der Waals surface area contributed by atoms with Crippen LogP contribution >= 0.6 is 0 Å². The zero-order valence-electron chi connectivity index (χ0n) is 14.9. The number of alkyl halides is 3. The molecule has 136 valence electrons. The highest BCUT2D eigenvalue weighted by Gasteiger charge is 2.31. The standard InChI is InChI=1S/C22H27F3/c1-2-3-16-4-6-17(7-5-16)18-8-10-19(11-9-18)20-12-14-21(15-13-20)22(23,24)25/h2-3,10,12-18H,4-9,11H2,1H3/b3-2+. The number of rotatable bonds is 3. The van der Waals surface area contributed by atoms with Crippen molar-refractivity contribution >= 4 is 5.57 Å². The first kappa shape index (κ1) is 18.3. The number of hydrogen-bond acceptors (Lipinski definition) is 0. The van der Waals surface area contributed by atoms with Crippen molar-refractivity contribution in [2.45, 2.75) is 58.0 Å². The van der Waals surface area contributed by atoms with E-state index in [0.29, 0.717) is 0 Å². The van der Waals surface area contributed by atoms with Crippen molar-refractivity contribution in [1.82, 2.24) is 0 Å². The van der Waals surface area contributed by atoms with E-state index in [0.717, 1.165) is 36.2 Å². The highest BCUT2D eigenvalue weighted by molar-refractivity contribution is 5.66. The third kappa shape index (κ3) is 4.56. The molecule has 0 nitrogen and oxygen atoms in total. The highest BCUT2D eigenvalue weighted by atomic mass is 19.4. The SMILES string of the molecule is C/C=C/C1CCC(C2CC=C(c3ccc(C(F)(F)F)cc3)CC2)CC1. The van der Waals surface area contributed by atoms with Crippen LogP contribution in [0, 0.1) is 17.8 Å². The second-order valence-electron chi connectivity index (χ2n) is 7.54. The van der Waals surface area contributed by atoms with Crippen LogP contribution in [0.1, 0.15) is 63.0 Å². The number of benzene rings is 1. The second-order valence-corrected chi connectivity index (χ2v) is 7.54. The molecule has 0 heterocycles. The molecule has 1 saturated carbocycles. The first-order chi connectivity index (χ1) is 12.0. The van der Waals surface area contributed by atoms with Gasteiger partial charge in [0.05, 0.1) is 5.56 Å². The van der Waals surface area contributed by atoms with Crippen LogP contribution in [-0.4, -0.2) is 0 Å². The lowest BCUT2D eigenvalue weighted by atomic mass is 9.71. The molecule has 25 heavy (non-hydrogen) atoms. The van der Waals surface area contributed by atoms with E-state index < -0.39 is 11.7 Å². The van der Waals surface area contributed by atoms with Crippen molar-refractivity contribution < 1.29 is 13.2 Å². The van der Waals surface area contributed by atoms with E-state index in [1.807, 2.05) is 0 Å². The summed E-state index contributed by atoms with van der Waals surface area (Å²) in [6.45, 7) is 2.10. The Morgan fingerprint density at radius 3 is 2.12 bits per heavy atom. The summed E-state index contributed by atoms with van der Waals surface area (Å²) < 4.78 is 38.0. The van der Waals surface area contributed by atoms with Gasteiger partial charge in [-0.25, -0.2) is 0 Å². The molecule has 2 aliphatic carbocycles. The highest BCUT2D eigenvalue weighted by Crippen LogP contribution is 2.41. The monoisotopic (exact) mass is 348 g/mol. The molecule has 0 N–H and O–H groups in total. The maximum Gasteiger partial charge on any atom is 0.416 e. The predicted octanol–water partition coefficient (Wildman–Crippen LogP) is 7.27. The Bertz CT molecular complexity index is 614. The Labute approximate surface area is 148 Å². The maximum absolute atomic E-state index is 12.7. The lowest BCUT2D eigenvalue weighted by molar-refractivity contribution is -0.137. The molecule has 1 aromatic carbocycles. The third-order valence-electron chi connectivity index (χ3n) is 5.98. The first-order valence-corrected chi connectivity index (χ1v) is 9.47. The van der Waals surface area contributed by atoms with Crippen molar-refractivity contribution in [2.24, 2.45) is 17.8 Å². The van der Waals surface area contributed by atoms with Gasteiger partial charge in [-0.3, -0.25) is 0 Å². The molecule has 0 bridgehead atoms. The van der Waals surface area contributed by atoms with E-state index in [9.17, 15) is 13.2 Å². The molecule has 0 aliphatic heterocycles. The summed E-state index contributed by atoms with van der Waals surface area (Å²) in [6, 6.07) is 5.64. The van der Waals surface area contributed by atoms with Crippen molar-refractivity contribution in [3.63, 3.8) is 0 Å². The Morgan fingerprint density at radius 1 is 0.920 bits per heavy atom. The molecule has 0 amide bonds. The van der Waals surface area contributed by atoms with E-state index in [2.05, 4.69) is 25.2 Å². The van der Waals surface area contributed by atoms with Gasteiger partial charge < -0.3 is 0 Å². The van der Waals surface area contributed by atoms with Crippen LogP contribution < -0.4 is 0 Å². The second kappa shape index (κ2) is 7.80. The minimum atomic E-state index is -4.25. The molecule has 0 aromatic heterocycles. The molecule has 0 saturated heterocycles. The maximum atomic E-state index is 12.7. The summed E-state index contributed by atoms with van der Waals surface area (Å²) in [5, 5.41) is 0. The van der Waals surface area contributed by atoms with Crippen LogP contribution in [0.3, 0.4) is 0 Å². The van der Waals surface area contributed by atoms with Crippen LogP contribution in [0.15, 0.2) is 42.5 Å². The van der Waals surface area contributed by atoms with Crippen molar-refractivity contribution in [3.8, 4) is 0 Å². The van der Waals surface area contributed by atoms with E-state index in [1.54, 1.807) is 12.1 Å². The summed E-state index contributed by atoms with van der Waals surface area (Å²) in [5.41, 5.74) is 1.60. The largest absolute Gasteiger partial charge is 0.416 e. The normalized spacial score (nSPS) is 28.2. The number of halogens is 3. The Morgan fingerprint density at radius 2 is 1.60 bits per heavy atom. The third-order valence-corrected chi connectivity index (χ3v) is 5.98. The van der Waals surface area contributed by atoms with Gasteiger partial charge in [-0.1, -0.05) is 30.4 Å². The summed E-state index contributed by atoms with van der Waals surface area (Å²) in [7, 11) is 0. The van der Waals surface area contributed by atoms with E-state index >= 15 is 0 Å². The van der Waals surface area contributed by atoms with Crippen LogP contribution in [-0.2, 0) is 6.18 Å². The zero-order chi connectivity index (χ0) is 17.9. The molecule has 1 aromatic rings. The van der Waals surface area contributed by atoms with Gasteiger partial charge in [0, 0.05) is 0 Å². The fraction of sp³-hybridized carbons (Fsp3) is 0.545. The molecule has 3 heteroatoms. The zero-order valence-corrected chi connectivity index (χ0v) is 14.9. The molecule has 1 atom stereocenters. The first-order valence-electron chi connectivity index (χ1n) is 9.47. The van der Waals surface area contributed by atoms with Gasteiger partial charge in [0.1, 0.15) is 0 Å². The molecule has 1 unspecified atom stereocenters. The van der Waals surface area contributed by atoms with Crippen LogP contribution in [0.2, 0.25) is 0 Å². The Hall–Kier alpha value is -1.51. The Kier molecular flexibility index (Phi) is 5.71. The fourth-order valence-corrected chi connectivity index (χ4v) is 4.50. The van der Waals surface area contributed by atoms with Gasteiger partial charge >= 0.3 is 6.18 Å².